The first-order valence-corrected chi connectivity index (χ1v) is 5.54. The average molecular weight is 231 g/mol. The van der Waals surface area contributed by atoms with Gasteiger partial charge in [0.2, 0.25) is 5.91 Å². The summed E-state index contributed by atoms with van der Waals surface area (Å²) >= 11 is 0. The first-order chi connectivity index (χ1) is 7.40. The zero-order valence-corrected chi connectivity index (χ0v) is 10.1. The summed E-state index contributed by atoms with van der Waals surface area (Å²) in [6.07, 6.45) is 1.32. The minimum Gasteiger partial charge on any atom is -0.481 e. The number of hydrogen-bond acceptors (Lipinski definition) is 3. The van der Waals surface area contributed by atoms with E-state index in [1.807, 2.05) is 6.92 Å². The number of carbonyl (C=O) groups is 2. The SMILES string of the molecule is CC(CCCO)NC(=O)C(C)C(C)C(=O)O. The average Bonchev–Trinajstić information content (AvgIpc) is 2.23. The highest BCUT2D eigenvalue weighted by atomic mass is 16.4. The molecule has 0 saturated heterocycles. The van der Waals surface area contributed by atoms with Gasteiger partial charge in [-0.1, -0.05) is 13.8 Å². The number of nitrogens with one attached hydrogen (secondary N) is 1. The van der Waals surface area contributed by atoms with Crippen molar-refractivity contribution < 1.29 is 19.8 Å². The quantitative estimate of drug-likeness (QED) is 0.599. The van der Waals surface area contributed by atoms with Crippen molar-refractivity contribution >= 4 is 11.9 Å². The van der Waals surface area contributed by atoms with Gasteiger partial charge in [-0.2, -0.15) is 0 Å². The van der Waals surface area contributed by atoms with Crippen LogP contribution in [0.5, 0.6) is 0 Å². The maximum Gasteiger partial charge on any atom is 0.307 e. The normalized spacial score (nSPS) is 16.2. The van der Waals surface area contributed by atoms with Crippen LogP contribution >= 0.6 is 0 Å². The lowest BCUT2D eigenvalue weighted by atomic mass is 9.95. The molecule has 0 spiro atoms. The number of carbonyl (C=O) groups excluding carboxylic acids is 1. The van der Waals surface area contributed by atoms with Crippen molar-refractivity contribution in [2.24, 2.45) is 11.8 Å². The molecule has 0 rings (SSSR count). The summed E-state index contributed by atoms with van der Waals surface area (Å²) in [6, 6.07) is -0.0388. The van der Waals surface area contributed by atoms with Crippen LogP contribution in [-0.4, -0.2) is 34.7 Å². The Kier molecular flexibility index (Phi) is 6.72. The van der Waals surface area contributed by atoms with E-state index in [0.717, 1.165) is 0 Å². The van der Waals surface area contributed by atoms with Gasteiger partial charge in [0.1, 0.15) is 0 Å². The molecule has 0 saturated carbocycles. The summed E-state index contributed by atoms with van der Waals surface area (Å²) in [5, 5.41) is 20.1. The molecule has 0 aromatic carbocycles. The van der Waals surface area contributed by atoms with E-state index in [-0.39, 0.29) is 18.6 Å². The van der Waals surface area contributed by atoms with Gasteiger partial charge in [0.05, 0.1) is 5.92 Å². The standard InChI is InChI=1S/C11H21NO4/c1-7(5-4-6-13)12-10(14)8(2)9(3)11(15)16/h7-9,13H,4-6H2,1-3H3,(H,12,14)(H,15,16). The minimum absolute atomic E-state index is 0.0388. The fourth-order valence-corrected chi connectivity index (χ4v) is 1.28. The Bertz CT molecular complexity index is 242. The number of carboxylic acids is 1. The molecular weight excluding hydrogens is 210 g/mol. The predicted molar refractivity (Wildman–Crippen MR) is 59.9 cm³/mol. The van der Waals surface area contributed by atoms with Crippen LogP contribution in [0.15, 0.2) is 0 Å². The van der Waals surface area contributed by atoms with Crippen molar-refractivity contribution in [3.63, 3.8) is 0 Å². The van der Waals surface area contributed by atoms with E-state index >= 15 is 0 Å². The van der Waals surface area contributed by atoms with Crippen LogP contribution in [0.25, 0.3) is 0 Å². The summed E-state index contributed by atoms with van der Waals surface area (Å²) in [5.41, 5.74) is 0. The minimum atomic E-state index is -0.967. The second-order valence-corrected chi connectivity index (χ2v) is 4.19. The summed E-state index contributed by atoms with van der Waals surface area (Å²) in [6.45, 7) is 5.06. The summed E-state index contributed by atoms with van der Waals surface area (Å²) in [4.78, 5) is 22.3. The van der Waals surface area contributed by atoms with Crippen LogP contribution in [0.2, 0.25) is 0 Å². The Labute approximate surface area is 95.9 Å². The first-order valence-electron chi connectivity index (χ1n) is 5.54. The van der Waals surface area contributed by atoms with Crippen LogP contribution in [0.1, 0.15) is 33.6 Å². The second-order valence-electron chi connectivity index (χ2n) is 4.19. The Hall–Kier alpha value is -1.10. The van der Waals surface area contributed by atoms with E-state index in [0.29, 0.717) is 12.8 Å². The van der Waals surface area contributed by atoms with Gasteiger partial charge in [-0.15, -0.1) is 0 Å². The molecular formula is C11H21NO4. The van der Waals surface area contributed by atoms with Gasteiger partial charge in [-0.25, -0.2) is 0 Å². The third-order valence-electron chi connectivity index (χ3n) is 2.74. The first kappa shape index (κ1) is 14.9. The largest absolute Gasteiger partial charge is 0.481 e. The second kappa shape index (κ2) is 7.22. The molecule has 3 atom stereocenters. The van der Waals surface area contributed by atoms with Gasteiger partial charge in [0.25, 0.3) is 0 Å². The maximum absolute atomic E-state index is 11.6. The molecule has 3 unspecified atom stereocenters. The lowest BCUT2D eigenvalue weighted by Crippen LogP contribution is -2.40. The number of aliphatic hydroxyl groups is 1. The molecule has 0 aromatic rings. The third kappa shape index (κ3) is 5.11. The van der Waals surface area contributed by atoms with Gasteiger partial charge in [0, 0.05) is 18.6 Å². The number of hydrogen-bond donors (Lipinski definition) is 3. The van der Waals surface area contributed by atoms with Crippen molar-refractivity contribution in [3.8, 4) is 0 Å². The summed E-state index contributed by atoms with van der Waals surface area (Å²) < 4.78 is 0. The van der Waals surface area contributed by atoms with Crippen LogP contribution < -0.4 is 5.32 Å². The smallest absolute Gasteiger partial charge is 0.307 e. The zero-order chi connectivity index (χ0) is 12.7. The van der Waals surface area contributed by atoms with Gasteiger partial charge >= 0.3 is 5.97 Å². The molecule has 3 N–H and O–H groups in total. The van der Waals surface area contributed by atoms with Gasteiger partial charge in [0.15, 0.2) is 0 Å². The number of rotatable bonds is 7. The molecule has 16 heavy (non-hydrogen) atoms. The highest BCUT2D eigenvalue weighted by Crippen LogP contribution is 2.11. The number of aliphatic hydroxyl groups excluding tert-OH is 1. The van der Waals surface area contributed by atoms with Gasteiger partial charge < -0.3 is 15.5 Å². The van der Waals surface area contributed by atoms with Gasteiger partial charge in [-0.05, 0) is 19.8 Å². The molecule has 0 aliphatic carbocycles. The molecule has 94 valence electrons. The van der Waals surface area contributed by atoms with E-state index in [1.54, 1.807) is 6.92 Å². The zero-order valence-electron chi connectivity index (χ0n) is 10.1. The topological polar surface area (TPSA) is 86.6 Å². The summed E-state index contributed by atoms with van der Waals surface area (Å²) in [5.74, 6) is -2.45. The molecule has 5 nitrogen and oxygen atoms in total. The molecule has 0 fully saturated rings. The molecule has 0 radical (unpaired) electrons. The lowest BCUT2D eigenvalue weighted by Gasteiger charge is -2.19. The Morgan fingerprint density at radius 3 is 2.19 bits per heavy atom. The van der Waals surface area contributed by atoms with E-state index in [4.69, 9.17) is 10.2 Å². The molecule has 1 amide bonds. The summed E-state index contributed by atoms with van der Waals surface area (Å²) in [7, 11) is 0. The predicted octanol–water partition coefficient (Wildman–Crippen LogP) is 0.620. The van der Waals surface area contributed by atoms with Crippen molar-refractivity contribution in [1.29, 1.82) is 0 Å². The Balaban J connectivity index is 4.09. The van der Waals surface area contributed by atoms with Crippen LogP contribution in [0.4, 0.5) is 0 Å². The number of amides is 1. The maximum atomic E-state index is 11.6. The van der Waals surface area contributed by atoms with E-state index in [2.05, 4.69) is 5.32 Å². The molecule has 0 bridgehead atoms. The lowest BCUT2D eigenvalue weighted by molar-refractivity contribution is -0.146. The van der Waals surface area contributed by atoms with E-state index in [9.17, 15) is 9.59 Å². The van der Waals surface area contributed by atoms with Gasteiger partial charge in [-0.3, -0.25) is 9.59 Å². The number of carboxylic acid groups (broad SMARTS) is 1. The van der Waals surface area contributed by atoms with Crippen molar-refractivity contribution in [2.75, 3.05) is 6.61 Å². The monoisotopic (exact) mass is 231 g/mol. The van der Waals surface area contributed by atoms with Crippen molar-refractivity contribution in [3.05, 3.63) is 0 Å². The molecule has 0 heterocycles. The van der Waals surface area contributed by atoms with Crippen LogP contribution in [0.3, 0.4) is 0 Å². The van der Waals surface area contributed by atoms with Crippen LogP contribution in [0, 0.1) is 11.8 Å². The van der Waals surface area contributed by atoms with E-state index in [1.165, 1.54) is 6.92 Å². The van der Waals surface area contributed by atoms with Crippen molar-refractivity contribution in [2.45, 2.75) is 39.7 Å². The molecule has 0 aromatic heterocycles. The number of aliphatic carboxylic acids is 1. The third-order valence-corrected chi connectivity index (χ3v) is 2.74. The fraction of sp³-hybridized carbons (Fsp3) is 0.818. The molecule has 0 aliphatic heterocycles. The highest BCUT2D eigenvalue weighted by Gasteiger charge is 2.26. The fourth-order valence-electron chi connectivity index (χ4n) is 1.28. The Morgan fingerprint density at radius 2 is 1.75 bits per heavy atom. The highest BCUT2D eigenvalue weighted by molar-refractivity contribution is 5.84. The van der Waals surface area contributed by atoms with Crippen molar-refractivity contribution in [1.82, 2.24) is 5.32 Å². The molecule has 5 heteroatoms. The van der Waals surface area contributed by atoms with E-state index < -0.39 is 17.8 Å². The molecule has 0 aliphatic rings. The Morgan fingerprint density at radius 1 is 1.19 bits per heavy atom. The van der Waals surface area contributed by atoms with Crippen LogP contribution in [-0.2, 0) is 9.59 Å².